The molecule has 1 saturated heterocycles. The van der Waals surface area contributed by atoms with Gasteiger partial charge in [0.25, 0.3) is 5.91 Å². The summed E-state index contributed by atoms with van der Waals surface area (Å²) >= 11 is 0. The smallest absolute Gasteiger partial charge is 0.261 e. The molecule has 1 aliphatic heterocycles. The van der Waals surface area contributed by atoms with Crippen LogP contribution in [0.4, 0.5) is 4.39 Å². The number of piperazine rings is 1. The maximum Gasteiger partial charge on any atom is 0.261 e. The number of halogens is 1. The van der Waals surface area contributed by atoms with Gasteiger partial charge in [0.1, 0.15) is 17.6 Å². The van der Waals surface area contributed by atoms with Gasteiger partial charge in [0, 0.05) is 13.1 Å². The second-order valence-corrected chi connectivity index (χ2v) is 5.94. The van der Waals surface area contributed by atoms with Crippen LogP contribution in [0, 0.1) is 12.7 Å². The van der Waals surface area contributed by atoms with E-state index in [-0.39, 0.29) is 24.2 Å². The molecule has 1 aliphatic rings. The highest BCUT2D eigenvalue weighted by Gasteiger charge is 2.34. The maximum atomic E-state index is 13.1. The highest BCUT2D eigenvalue weighted by molar-refractivity contribution is 5.90. The van der Waals surface area contributed by atoms with E-state index >= 15 is 0 Å². The SMILES string of the molecule is Cc1cccc(OCC(=O)N2CCNC(=O)C2c2ccc(F)cc2)c1. The lowest BCUT2D eigenvalue weighted by Gasteiger charge is -2.35. The Labute approximate surface area is 145 Å². The summed E-state index contributed by atoms with van der Waals surface area (Å²) in [7, 11) is 0. The molecule has 25 heavy (non-hydrogen) atoms. The standard InChI is InChI=1S/C19H19FN2O3/c1-13-3-2-4-16(11-13)25-12-17(23)22-10-9-21-19(24)18(22)14-5-7-15(20)8-6-14/h2-8,11,18H,9-10,12H2,1H3,(H,21,24). The number of aryl methyl sites for hydroxylation is 1. The maximum absolute atomic E-state index is 13.1. The first-order valence-electron chi connectivity index (χ1n) is 8.07. The van der Waals surface area contributed by atoms with E-state index in [2.05, 4.69) is 5.32 Å². The summed E-state index contributed by atoms with van der Waals surface area (Å²) in [5.41, 5.74) is 1.61. The fourth-order valence-electron chi connectivity index (χ4n) is 2.85. The van der Waals surface area contributed by atoms with E-state index in [4.69, 9.17) is 4.74 Å². The first-order chi connectivity index (χ1) is 12.0. The normalized spacial score (nSPS) is 17.1. The van der Waals surface area contributed by atoms with Crippen LogP contribution in [0.5, 0.6) is 5.75 Å². The Bertz CT molecular complexity index is 776. The molecule has 0 aliphatic carbocycles. The summed E-state index contributed by atoms with van der Waals surface area (Å²) in [6, 6.07) is 12.2. The number of nitrogens with one attached hydrogen (secondary N) is 1. The minimum atomic E-state index is -0.775. The van der Waals surface area contributed by atoms with Gasteiger partial charge in [0.05, 0.1) is 0 Å². The van der Waals surface area contributed by atoms with E-state index in [1.54, 1.807) is 6.07 Å². The first-order valence-corrected chi connectivity index (χ1v) is 8.07. The monoisotopic (exact) mass is 342 g/mol. The highest BCUT2D eigenvalue weighted by Crippen LogP contribution is 2.24. The highest BCUT2D eigenvalue weighted by atomic mass is 19.1. The van der Waals surface area contributed by atoms with Crippen LogP contribution in [-0.2, 0) is 9.59 Å². The second kappa shape index (κ2) is 7.34. The number of carbonyl (C=O) groups is 2. The summed E-state index contributed by atoms with van der Waals surface area (Å²) in [6.07, 6.45) is 0. The fraction of sp³-hybridized carbons (Fsp3) is 0.263. The molecule has 0 aromatic heterocycles. The van der Waals surface area contributed by atoms with E-state index in [1.165, 1.54) is 29.2 Å². The van der Waals surface area contributed by atoms with Crippen molar-refractivity contribution in [3.05, 3.63) is 65.5 Å². The van der Waals surface area contributed by atoms with Crippen molar-refractivity contribution >= 4 is 11.8 Å². The topological polar surface area (TPSA) is 58.6 Å². The van der Waals surface area contributed by atoms with Gasteiger partial charge in [-0.25, -0.2) is 4.39 Å². The van der Waals surface area contributed by atoms with Gasteiger partial charge in [-0.1, -0.05) is 24.3 Å². The molecule has 1 unspecified atom stereocenters. The number of rotatable bonds is 4. The van der Waals surface area contributed by atoms with E-state index in [1.807, 2.05) is 25.1 Å². The van der Waals surface area contributed by atoms with Crippen molar-refractivity contribution in [3.8, 4) is 5.75 Å². The van der Waals surface area contributed by atoms with Crippen LogP contribution in [0.15, 0.2) is 48.5 Å². The predicted molar refractivity (Wildman–Crippen MR) is 90.5 cm³/mol. The van der Waals surface area contributed by atoms with Crippen LogP contribution in [0.25, 0.3) is 0 Å². The lowest BCUT2D eigenvalue weighted by Crippen LogP contribution is -2.53. The number of ether oxygens (including phenoxy) is 1. The van der Waals surface area contributed by atoms with Gasteiger partial charge < -0.3 is 15.0 Å². The van der Waals surface area contributed by atoms with Crippen molar-refractivity contribution in [2.24, 2.45) is 0 Å². The minimum Gasteiger partial charge on any atom is -0.484 e. The van der Waals surface area contributed by atoms with Crippen molar-refractivity contribution in [1.29, 1.82) is 0 Å². The zero-order valence-electron chi connectivity index (χ0n) is 13.9. The number of carbonyl (C=O) groups excluding carboxylic acids is 2. The van der Waals surface area contributed by atoms with Gasteiger partial charge in [-0.3, -0.25) is 9.59 Å². The summed E-state index contributed by atoms with van der Waals surface area (Å²) in [4.78, 5) is 26.3. The predicted octanol–water partition coefficient (Wildman–Crippen LogP) is 2.21. The molecule has 1 heterocycles. The molecule has 6 heteroatoms. The van der Waals surface area contributed by atoms with Crippen molar-refractivity contribution in [2.45, 2.75) is 13.0 Å². The molecule has 0 spiro atoms. The Morgan fingerprint density at radius 2 is 2.04 bits per heavy atom. The van der Waals surface area contributed by atoms with E-state index < -0.39 is 6.04 Å². The molecule has 2 aromatic rings. The first kappa shape index (κ1) is 17.0. The van der Waals surface area contributed by atoms with E-state index in [0.29, 0.717) is 24.4 Å². The Kier molecular flexibility index (Phi) is 4.97. The van der Waals surface area contributed by atoms with Gasteiger partial charge in [-0.15, -0.1) is 0 Å². The summed E-state index contributed by atoms with van der Waals surface area (Å²) in [6.45, 7) is 2.54. The zero-order chi connectivity index (χ0) is 17.8. The Morgan fingerprint density at radius 3 is 2.76 bits per heavy atom. The van der Waals surface area contributed by atoms with E-state index in [9.17, 15) is 14.0 Å². The largest absolute Gasteiger partial charge is 0.484 e. The van der Waals surface area contributed by atoms with E-state index in [0.717, 1.165) is 5.56 Å². The third-order valence-electron chi connectivity index (χ3n) is 4.07. The molecule has 0 saturated carbocycles. The molecule has 2 amide bonds. The summed E-state index contributed by atoms with van der Waals surface area (Å²) in [5.74, 6) is -0.346. The average molecular weight is 342 g/mol. The van der Waals surface area contributed by atoms with Crippen molar-refractivity contribution in [2.75, 3.05) is 19.7 Å². The van der Waals surface area contributed by atoms with Crippen molar-refractivity contribution < 1.29 is 18.7 Å². The number of nitrogens with zero attached hydrogens (tertiary/aromatic N) is 1. The Hall–Kier alpha value is -2.89. The van der Waals surface area contributed by atoms with Crippen LogP contribution >= 0.6 is 0 Å². The molecule has 1 fully saturated rings. The number of hydrogen-bond donors (Lipinski definition) is 1. The van der Waals surface area contributed by atoms with Crippen LogP contribution in [0.3, 0.4) is 0 Å². The van der Waals surface area contributed by atoms with Crippen LogP contribution in [0.2, 0.25) is 0 Å². The zero-order valence-corrected chi connectivity index (χ0v) is 13.9. The van der Waals surface area contributed by atoms with Crippen LogP contribution in [0.1, 0.15) is 17.2 Å². The fourth-order valence-corrected chi connectivity index (χ4v) is 2.85. The molecular formula is C19H19FN2O3. The molecule has 1 atom stereocenters. The molecular weight excluding hydrogens is 323 g/mol. The minimum absolute atomic E-state index is 0.158. The molecule has 2 aromatic carbocycles. The molecule has 0 radical (unpaired) electrons. The van der Waals surface area contributed by atoms with Gasteiger partial charge in [0.15, 0.2) is 6.61 Å². The van der Waals surface area contributed by atoms with Gasteiger partial charge in [0.2, 0.25) is 5.91 Å². The number of hydrogen-bond acceptors (Lipinski definition) is 3. The van der Waals surface area contributed by atoms with Crippen molar-refractivity contribution in [1.82, 2.24) is 10.2 Å². The summed E-state index contributed by atoms with van der Waals surface area (Å²) in [5, 5.41) is 2.74. The second-order valence-electron chi connectivity index (χ2n) is 5.94. The molecule has 1 N–H and O–H groups in total. The van der Waals surface area contributed by atoms with Gasteiger partial charge in [-0.05, 0) is 42.3 Å². The molecule has 0 bridgehead atoms. The van der Waals surface area contributed by atoms with Crippen LogP contribution < -0.4 is 10.1 Å². The van der Waals surface area contributed by atoms with Gasteiger partial charge >= 0.3 is 0 Å². The quantitative estimate of drug-likeness (QED) is 0.927. The molecule has 5 nitrogen and oxygen atoms in total. The lowest BCUT2D eigenvalue weighted by molar-refractivity contribution is -0.145. The third kappa shape index (κ3) is 3.96. The Morgan fingerprint density at radius 1 is 1.28 bits per heavy atom. The van der Waals surface area contributed by atoms with Crippen molar-refractivity contribution in [3.63, 3.8) is 0 Å². The Balaban J connectivity index is 1.74. The average Bonchev–Trinajstić information content (AvgIpc) is 2.60. The van der Waals surface area contributed by atoms with Crippen LogP contribution in [-0.4, -0.2) is 36.4 Å². The lowest BCUT2D eigenvalue weighted by atomic mass is 10.0. The molecule has 3 rings (SSSR count). The third-order valence-corrected chi connectivity index (χ3v) is 4.07. The summed E-state index contributed by atoms with van der Waals surface area (Å²) < 4.78 is 18.7. The van der Waals surface area contributed by atoms with Gasteiger partial charge in [-0.2, -0.15) is 0 Å². The number of amides is 2. The molecule has 130 valence electrons. The number of benzene rings is 2.